The number of hydrogen-bond donors (Lipinski definition) is 0. The van der Waals surface area contributed by atoms with E-state index in [2.05, 4.69) is 26.5 Å². The summed E-state index contributed by atoms with van der Waals surface area (Å²) in [4.78, 5) is 10.3. The van der Waals surface area contributed by atoms with Gasteiger partial charge in [-0.25, -0.2) is 4.79 Å². The number of carbonyl (C=O) groups is 1. The van der Waals surface area contributed by atoms with Gasteiger partial charge in [0.2, 0.25) is 0 Å². The molecule has 0 saturated carbocycles. The normalized spacial score (nSPS) is 12.5. The first-order chi connectivity index (χ1) is 5.70. The Balaban J connectivity index is 3.45. The first-order valence-electron chi connectivity index (χ1n) is 4.54. The molecule has 0 aromatic carbocycles. The maximum absolute atomic E-state index is 10.3. The Morgan fingerprint density at radius 1 is 1.50 bits per heavy atom. The number of carbonyl (C=O) groups excluding carboxylic acids is 1. The zero-order valence-corrected chi connectivity index (χ0v) is 8.65. The van der Waals surface area contributed by atoms with Crippen molar-refractivity contribution in [1.82, 2.24) is 0 Å². The molecule has 1 atom stereocenters. The van der Waals surface area contributed by atoms with Crippen LogP contribution in [-0.4, -0.2) is 11.9 Å². The predicted octanol–water partition coefficient (Wildman–Crippen LogP) is 3.54. The molecule has 0 rings (SSSR count). The molecule has 0 aliphatic carbocycles. The third-order valence-corrected chi connectivity index (χ3v) is 2.10. The second-order valence-corrected chi connectivity index (χ2v) is 3.31. The fraction of sp³-hybridized carbons (Fsp3) is 0.889. The minimum Gasteiger partial charge on any atom is -0.454 e. The highest BCUT2D eigenvalue weighted by Crippen LogP contribution is 2.13. The molecule has 3 heteroatoms. The van der Waals surface area contributed by atoms with E-state index >= 15 is 0 Å². The molecule has 0 aromatic rings. The van der Waals surface area contributed by atoms with Gasteiger partial charge in [-0.1, -0.05) is 33.1 Å². The summed E-state index contributed by atoms with van der Waals surface area (Å²) < 4.78 is 4.77. The lowest BCUT2D eigenvalue weighted by Crippen LogP contribution is -2.09. The summed E-state index contributed by atoms with van der Waals surface area (Å²) in [6, 6.07) is 0. The lowest BCUT2D eigenvalue weighted by molar-refractivity contribution is 0.148. The molecule has 0 heterocycles. The van der Waals surface area contributed by atoms with Crippen molar-refractivity contribution in [1.29, 1.82) is 0 Å². The zero-order chi connectivity index (χ0) is 9.40. The lowest BCUT2D eigenvalue weighted by atomic mass is 10.0. The van der Waals surface area contributed by atoms with Gasteiger partial charge in [0.25, 0.3) is 0 Å². The van der Waals surface area contributed by atoms with Crippen LogP contribution in [0.3, 0.4) is 0 Å². The van der Waals surface area contributed by atoms with Gasteiger partial charge in [-0.2, -0.15) is 0 Å². The van der Waals surface area contributed by atoms with Crippen LogP contribution in [0.4, 0.5) is 4.79 Å². The van der Waals surface area contributed by atoms with Crippen LogP contribution in [0, 0.1) is 5.92 Å². The fourth-order valence-electron chi connectivity index (χ4n) is 1.08. The Labute approximate surface area is 80.1 Å². The topological polar surface area (TPSA) is 26.3 Å². The van der Waals surface area contributed by atoms with Gasteiger partial charge in [-0.05, 0) is 12.3 Å². The Morgan fingerprint density at radius 2 is 2.17 bits per heavy atom. The van der Waals surface area contributed by atoms with Gasteiger partial charge in [0.1, 0.15) is 0 Å². The summed E-state index contributed by atoms with van der Waals surface area (Å²) >= 11 is 4.30. The number of unbranched alkanes of at least 4 members (excludes halogenated alkanes) is 1. The minimum atomic E-state index is -0.579. The average molecular weight is 189 g/mol. The van der Waals surface area contributed by atoms with E-state index in [4.69, 9.17) is 4.74 Å². The molecule has 0 bridgehead atoms. The second kappa shape index (κ2) is 7.35. The molecular weight excluding hydrogens is 172 g/mol. The highest BCUT2D eigenvalue weighted by atomic mass is 32.1. The molecule has 1 radical (unpaired) electrons. The molecule has 0 amide bonds. The van der Waals surface area contributed by atoms with Crippen LogP contribution in [0.2, 0.25) is 0 Å². The van der Waals surface area contributed by atoms with Crippen molar-refractivity contribution >= 4 is 17.9 Å². The Morgan fingerprint density at radius 3 is 2.58 bits per heavy atom. The third kappa shape index (κ3) is 6.40. The van der Waals surface area contributed by atoms with E-state index in [1.807, 2.05) is 0 Å². The second-order valence-electron chi connectivity index (χ2n) is 2.98. The van der Waals surface area contributed by atoms with Crippen molar-refractivity contribution in [2.75, 3.05) is 6.61 Å². The van der Waals surface area contributed by atoms with E-state index in [-0.39, 0.29) is 0 Å². The summed E-state index contributed by atoms with van der Waals surface area (Å²) in [6.07, 6.45) is 4.59. The molecule has 2 nitrogen and oxygen atoms in total. The van der Waals surface area contributed by atoms with Crippen molar-refractivity contribution in [3.8, 4) is 0 Å². The van der Waals surface area contributed by atoms with Crippen LogP contribution in [0.25, 0.3) is 0 Å². The van der Waals surface area contributed by atoms with Gasteiger partial charge in [0.15, 0.2) is 0 Å². The third-order valence-electron chi connectivity index (χ3n) is 1.98. The van der Waals surface area contributed by atoms with Crippen LogP contribution in [0.15, 0.2) is 0 Å². The maximum atomic E-state index is 10.3. The van der Waals surface area contributed by atoms with Crippen LogP contribution < -0.4 is 0 Å². The van der Waals surface area contributed by atoms with Gasteiger partial charge in [-0.3, -0.25) is 0 Å². The zero-order valence-electron chi connectivity index (χ0n) is 7.84. The van der Waals surface area contributed by atoms with Crippen molar-refractivity contribution in [3.05, 3.63) is 0 Å². The van der Waals surface area contributed by atoms with E-state index in [9.17, 15) is 4.79 Å². The van der Waals surface area contributed by atoms with Crippen LogP contribution in [0.1, 0.15) is 39.5 Å². The van der Waals surface area contributed by atoms with E-state index in [0.717, 1.165) is 12.8 Å². The predicted molar refractivity (Wildman–Crippen MR) is 52.2 cm³/mol. The van der Waals surface area contributed by atoms with Gasteiger partial charge < -0.3 is 4.74 Å². The lowest BCUT2D eigenvalue weighted by Gasteiger charge is -2.12. The van der Waals surface area contributed by atoms with Crippen molar-refractivity contribution in [3.63, 3.8) is 0 Å². The summed E-state index contributed by atoms with van der Waals surface area (Å²) in [7, 11) is 0. The molecule has 0 aliphatic heterocycles. The number of hydrogen-bond acceptors (Lipinski definition) is 2. The molecule has 71 valence electrons. The quantitative estimate of drug-likeness (QED) is 0.597. The van der Waals surface area contributed by atoms with Gasteiger partial charge in [0.05, 0.1) is 6.61 Å². The van der Waals surface area contributed by atoms with Gasteiger partial charge in [0, 0.05) is 12.6 Å². The Hall–Kier alpha value is -0.310. The van der Waals surface area contributed by atoms with Crippen molar-refractivity contribution in [2.45, 2.75) is 39.5 Å². The highest BCUT2D eigenvalue weighted by Gasteiger charge is 2.07. The molecule has 0 saturated heterocycles. The summed E-state index contributed by atoms with van der Waals surface area (Å²) in [5.41, 5.74) is 0. The molecule has 0 N–H and O–H groups in total. The van der Waals surface area contributed by atoms with Gasteiger partial charge in [-0.15, -0.1) is 0 Å². The molecule has 0 aliphatic rings. The number of rotatable bonds is 6. The molecule has 0 aromatic heterocycles. The van der Waals surface area contributed by atoms with Crippen LogP contribution in [0.5, 0.6) is 0 Å². The minimum absolute atomic E-state index is 0.497. The van der Waals surface area contributed by atoms with Crippen LogP contribution in [-0.2, 0) is 4.74 Å². The highest BCUT2D eigenvalue weighted by molar-refractivity contribution is 7.96. The van der Waals surface area contributed by atoms with Crippen molar-refractivity contribution in [2.24, 2.45) is 5.92 Å². The molecule has 0 fully saturated rings. The average Bonchev–Trinajstić information content (AvgIpc) is 2.05. The summed E-state index contributed by atoms with van der Waals surface area (Å²) in [6.45, 7) is 4.77. The first-order valence-corrected chi connectivity index (χ1v) is 4.95. The smallest absolute Gasteiger partial charge is 0.400 e. The van der Waals surface area contributed by atoms with Crippen LogP contribution >= 0.6 is 12.6 Å². The van der Waals surface area contributed by atoms with E-state index in [0.29, 0.717) is 12.5 Å². The molecule has 12 heavy (non-hydrogen) atoms. The SMILES string of the molecule is CCCCC(CC)COC(=O)[S]. The van der Waals surface area contributed by atoms with Gasteiger partial charge >= 0.3 is 5.30 Å². The van der Waals surface area contributed by atoms with Crippen molar-refractivity contribution < 1.29 is 9.53 Å². The fourth-order valence-corrected chi connectivity index (χ4v) is 1.15. The Bertz CT molecular complexity index is 126. The largest absolute Gasteiger partial charge is 0.454 e. The summed E-state index contributed by atoms with van der Waals surface area (Å²) in [5, 5.41) is -0.579. The number of ether oxygens (including phenoxy) is 1. The summed E-state index contributed by atoms with van der Waals surface area (Å²) in [5.74, 6) is 0.497. The molecule has 0 spiro atoms. The first kappa shape index (κ1) is 11.7. The van der Waals surface area contributed by atoms with E-state index < -0.39 is 5.30 Å². The van der Waals surface area contributed by atoms with E-state index in [1.54, 1.807) is 0 Å². The Kier molecular flexibility index (Phi) is 7.16. The monoisotopic (exact) mass is 189 g/mol. The molecule has 1 unspecified atom stereocenters. The molecular formula is C9H17O2S. The van der Waals surface area contributed by atoms with E-state index in [1.165, 1.54) is 12.8 Å². The standard InChI is InChI=1S/C9H17O2S/c1-3-5-6-8(4-2)7-11-9(10)12/h8H,3-7H2,1-2H3. The maximum Gasteiger partial charge on any atom is 0.400 e.